The van der Waals surface area contributed by atoms with E-state index in [1.807, 2.05) is 18.2 Å². The summed E-state index contributed by atoms with van der Waals surface area (Å²) >= 11 is 0. The van der Waals surface area contributed by atoms with E-state index in [0.29, 0.717) is 5.78 Å². The van der Waals surface area contributed by atoms with Gasteiger partial charge in [0.05, 0.1) is 0 Å². The zero-order valence-electron chi connectivity index (χ0n) is 11.3. The van der Waals surface area contributed by atoms with Crippen molar-refractivity contribution in [3.8, 4) is 0 Å². The molecule has 1 aliphatic carbocycles. The van der Waals surface area contributed by atoms with Crippen molar-refractivity contribution in [1.82, 2.24) is 4.90 Å². The van der Waals surface area contributed by atoms with Gasteiger partial charge in [0.1, 0.15) is 0 Å². The van der Waals surface area contributed by atoms with Crippen molar-refractivity contribution in [2.75, 3.05) is 19.6 Å². The van der Waals surface area contributed by atoms with Crippen LogP contribution < -0.4 is 0 Å². The molecule has 0 saturated carbocycles. The number of hydrogen-bond acceptors (Lipinski definition) is 2. The van der Waals surface area contributed by atoms with Crippen LogP contribution in [0.25, 0.3) is 0 Å². The largest absolute Gasteiger partial charge is 0.303 e. The molecule has 19 heavy (non-hydrogen) atoms. The van der Waals surface area contributed by atoms with Crippen LogP contribution in [0, 0.1) is 5.92 Å². The van der Waals surface area contributed by atoms with Gasteiger partial charge in [-0.25, -0.2) is 0 Å². The van der Waals surface area contributed by atoms with E-state index < -0.39 is 0 Å². The van der Waals surface area contributed by atoms with Crippen LogP contribution in [-0.2, 0) is 6.42 Å². The number of likely N-dealkylation sites (tertiary alicyclic amines) is 1. The standard InChI is InChI=1S/C16H21NO.ClH/c18-16-14(12-17-10-4-1-5-11-17)9-8-13-6-2-3-7-15(13)16;/h2-3,6-7,14H,1,4-5,8-12H2;1H. The van der Waals surface area contributed by atoms with Crippen molar-refractivity contribution in [3.63, 3.8) is 0 Å². The third kappa shape index (κ3) is 3.18. The fourth-order valence-corrected chi connectivity index (χ4v) is 3.29. The Labute approximate surface area is 121 Å². The lowest BCUT2D eigenvalue weighted by molar-refractivity contribution is 0.0845. The van der Waals surface area contributed by atoms with E-state index in [2.05, 4.69) is 11.0 Å². The van der Waals surface area contributed by atoms with Gasteiger partial charge in [0.2, 0.25) is 0 Å². The number of fused-ring (bicyclic) bond motifs is 1. The maximum absolute atomic E-state index is 12.5. The maximum atomic E-state index is 12.5. The Morgan fingerprint density at radius 3 is 2.63 bits per heavy atom. The molecule has 104 valence electrons. The SMILES string of the molecule is Cl.O=C1c2ccccc2CCC1CN1CCCCC1. The summed E-state index contributed by atoms with van der Waals surface area (Å²) in [5, 5.41) is 0. The fourth-order valence-electron chi connectivity index (χ4n) is 3.29. The molecule has 1 heterocycles. The molecule has 0 spiro atoms. The Balaban J connectivity index is 0.00000133. The molecule has 1 aromatic rings. The van der Waals surface area contributed by atoms with Gasteiger partial charge in [0, 0.05) is 18.0 Å². The molecule has 0 amide bonds. The molecule has 2 aliphatic rings. The summed E-state index contributed by atoms with van der Waals surface area (Å²) in [6.07, 6.45) is 6.07. The minimum absolute atomic E-state index is 0. The van der Waals surface area contributed by atoms with E-state index in [0.717, 1.165) is 24.9 Å². The first-order valence-electron chi connectivity index (χ1n) is 7.19. The summed E-state index contributed by atoms with van der Waals surface area (Å²) in [5.74, 6) is 0.612. The molecular weight excluding hydrogens is 258 g/mol. The van der Waals surface area contributed by atoms with E-state index in [1.165, 1.54) is 37.9 Å². The van der Waals surface area contributed by atoms with E-state index in [9.17, 15) is 4.79 Å². The predicted octanol–water partition coefficient (Wildman–Crippen LogP) is 3.34. The zero-order valence-corrected chi connectivity index (χ0v) is 12.1. The summed E-state index contributed by atoms with van der Waals surface area (Å²) < 4.78 is 0. The minimum atomic E-state index is 0. The van der Waals surface area contributed by atoms with Gasteiger partial charge in [0.15, 0.2) is 5.78 Å². The van der Waals surface area contributed by atoms with Crippen LogP contribution >= 0.6 is 12.4 Å². The number of aryl methyl sites for hydroxylation is 1. The number of Topliss-reactive ketones (excluding diaryl/α,β-unsaturated/α-hetero) is 1. The summed E-state index contributed by atoms with van der Waals surface area (Å²) in [5.41, 5.74) is 2.23. The van der Waals surface area contributed by atoms with Crippen LogP contribution in [0.2, 0.25) is 0 Å². The van der Waals surface area contributed by atoms with Gasteiger partial charge in [-0.05, 0) is 44.3 Å². The quantitative estimate of drug-likeness (QED) is 0.828. The van der Waals surface area contributed by atoms with E-state index in [4.69, 9.17) is 0 Å². The highest BCUT2D eigenvalue weighted by Crippen LogP contribution is 2.26. The lowest BCUT2D eigenvalue weighted by atomic mass is 9.82. The normalized spacial score (nSPS) is 23.6. The second-order valence-corrected chi connectivity index (χ2v) is 5.62. The first kappa shape index (κ1) is 14.5. The van der Waals surface area contributed by atoms with Crippen molar-refractivity contribution in [3.05, 3.63) is 35.4 Å². The lowest BCUT2D eigenvalue weighted by Crippen LogP contribution is -2.38. The molecule has 0 bridgehead atoms. The van der Waals surface area contributed by atoms with Crippen LogP contribution in [0.5, 0.6) is 0 Å². The van der Waals surface area contributed by atoms with Crippen LogP contribution in [0.15, 0.2) is 24.3 Å². The Morgan fingerprint density at radius 1 is 1.11 bits per heavy atom. The van der Waals surface area contributed by atoms with Crippen molar-refractivity contribution in [2.24, 2.45) is 5.92 Å². The first-order valence-corrected chi connectivity index (χ1v) is 7.19. The number of piperidine rings is 1. The van der Waals surface area contributed by atoms with Crippen molar-refractivity contribution in [1.29, 1.82) is 0 Å². The maximum Gasteiger partial charge on any atom is 0.167 e. The molecule has 1 atom stereocenters. The predicted molar refractivity (Wildman–Crippen MR) is 80.1 cm³/mol. The highest BCUT2D eigenvalue weighted by atomic mass is 35.5. The summed E-state index contributed by atoms with van der Waals surface area (Å²) in [6, 6.07) is 8.13. The Hall–Kier alpha value is -0.860. The van der Waals surface area contributed by atoms with Gasteiger partial charge < -0.3 is 4.90 Å². The lowest BCUT2D eigenvalue weighted by Gasteiger charge is -2.32. The van der Waals surface area contributed by atoms with Gasteiger partial charge in [-0.2, -0.15) is 0 Å². The monoisotopic (exact) mass is 279 g/mol. The van der Waals surface area contributed by atoms with Gasteiger partial charge in [-0.3, -0.25) is 4.79 Å². The van der Waals surface area contributed by atoms with E-state index in [-0.39, 0.29) is 18.3 Å². The number of halogens is 1. The molecule has 1 saturated heterocycles. The Bertz CT molecular complexity index is 440. The number of carbonyl (C=O) groups excluding carboxylic acids is 1. The number of nitrogens with zero attached hydrogens (tertiary/aromatic N) is 1. The molecule has 0 N–H and O–H groups in total. The first-order chi connectivity index (χ1) is 8.84. The zero-order chi connectivity index (χ0) is 12.4. The molecule has 0 radical (unpaired) electrons. The minimum Gasteiger partial charge on any atom is -0.303 e. The van der Waals surface area contributed by atoms with Gasteiger partial charge >= 0.3 is 0 Å². The third-order valence-electron chi connectivity index (χ3n) is 4.34. The summed E-state index contributed by atoms with van der Waals surface area (Å²) in [6.45, 7) is 3.35. The third-order valence-corrected chi connectivity index (χ3v) is 4.34. The number of carbonyl (C=O) groups is 1. The van der Waals surface area contributed by atoms with E-state index >= 15 is 0 Å². The highest BCUT2D eigenvalue weighted by molar-refractivity contribution is 6.00. The second-order valence-electron chi connectivity index (χ2n) is 5.62. The number of ketones is 1. The fraction of sp³-hybridized carbons (Fsp3) is 0.562. The smallest absolute Gasteiger partial charge is 0.167 e. The Kier molecular flexibility index (Phi) is 5.00. The van der Waals surface area contributed by atoms with Crippen LogP contribution in [0.4, 0.5) is 0 Å². The molecule has 3 rings (SSSR count). The Morgan fingerprint density at radius 2 is 1.84 bits per heavy atom. The van der Waals surface area contributed by atoms with Gasteiger partial charge in [-0.1, -0.05) is 30.7 Å². The van der Waals surface area contributed by atoms with Crippen LogP contribution in [-0.4, -0.2) is 30.3 Å². The summed E-state index contributed by atoms with van der Waals surface area (Å²) in [4.78, 5) is 14.9. The topological polar surface area (TPSA) is 20.3 Å². The molecule has 2 nitrogen and oxygen atoms in total. The average Bonchev–Trinajstić information content (AvgIpc) is 2.43. The molecule has 1 aromatic carbocycles. The van der Waals surface area contributed by atoms with Crippen LogP contribution in [0.3, 0.4) is 0 Å². The molecule has 0 aromatic heterocycles. The number of benzene rings is 1. The van der Waals surface area contributed by atoms with Crippen LogP contribution in [0.1, 0.15) is 41.6 Å². The van der Waals surface area contributed by atoms with E-state index in [1.54, 1.807) is 0 Å². The van der Waals surface area contributed by atoms with Crippen molar-refractivity contribution in [2.45, 2.75) is 32.1 Å². The number of rotatable bonds is 2. The number of hydrogen-bond donors (Lipinski definition) is 0. The molecule has 1 fully saturated rings. The van der Waals surface area contributed by atoms with Gasteiger partial charge in [-0.15, -0.1) is 12.4 Å². The highest BCUT2D eigenvalue weighted by Gasteiger charge is 2.28. The van der Waals surface area contributed by atoms with Gasteiger partial charge in [0.25, 0.3) is 0 Å². The second kappa shape index (κ2) is 6.53. The molecule has 1 unspecified atom stereocenters. The molecular formula is C16H22ClNO. The molecule has 1 aliphatic heterocycles. The molecule has 3 heteroatoms. The van der Waals surface area contributed by atoms with Crippen molar-refractivity contribution >= 4 is 18.2 Å². The van der Waals surface area contributed by atoms with Crippen molar-refractivity contribution < 1.29 is 4.79 Å². The average molecular weight is 280 g/mol. The summed E-state index contributed by atoms with van der Waals surface area (Å²) in [7, 11) is 0.